The third-order valence-corrected chi connectivity index (χ3v) is 5.43. The van der Waals surface area contributed by atoms with Crippen LogP contribution in [-0.2, 0) is 11.3 Å². The van der Waals surface area contributed by atoms with Crippen LogP contribution < -0.4 is 10.2 Å². The smallest absolute Gasteiger partial charge is 0.243 e. The maximum absolute atomic E-state index is 13.0. The summed E-state index contributed by atoms with van der Waals surface area (Å²) in [6.07, 6.45) is 4.81. The number of amides is 1. The molecule has 3 heterocycles. The minimum Gasteiger partial charge on any atom is -0.350 e. The van der Waals surface area contributed by atoms with Crippen molar-refractivity contribution in [3.63, 3.8) is 0 Å². The number of fused-ring (bicyclic) bond motifs is 1. The highest BCUT2D eigenvalue weighted by Gasteiger charge is 2.32. The molecule has 5 rings (SSSR count). The first-order valence-electron chi connectivity index (χ1n) is 9.98. The van der Waals surface area contributed by atoms with Gasteiger partial charge in [0.05, 0.1) is 5.52 Å². The summed E-state index contributed by atoms with van der Waals surface area (Å²) < 4.78 is 0. The van der Waals surface area contributed by atoms with Gasteiger partial charge in [0.2, 0.25) is 5.91 Å². The molecule has 1 fully saturated rings. The summed E-state index contributed by atoms with van der Waals surface area (Å²) in [5.74, 6) is 1.55. The van der Waals surface area contributed by atoms with Gasteiger partial charge in [0.25, 0.3) is 0 Å². The number of benzene rings is 2. The molecule has 0 bridgehead atoms. The Kier molecular flexibility index (Phi) is 4.80. The van der Waals surface area contributed by atoms with Gasteiger partial charge in [-0.3, -0.25) is 9.89 Å². The second-order valence-electron chi connectivity index (χ2n) is 7.32. The van der Waals surface area contributed by atoms with E-state index in [1.54, 1.807) is 6.33 Å². The topological polar surface area (TPSA) is 99.7 Å². The summed E-state index contributed by atoms with van der Waals surface area (Å²) in [7, 11) is 0. The highest BCUT2D eigenvalue weighted by Crippen LogP contribution is 2.29. The van der Waals surface area contributed by atoms with E-state index < -0.39 is 0 Å². The molecular weight excluding hydrogens is 378 g/mol. The standard InChI is InChI=1S/C22H21N7O/c30-22(23-12-15-5-3-6-16(11-15)20-25-14-27-28-20)19-9-4-10-29(19)21-17-7-1-2-8-18(17)24-13-26-21/h1-3,5-8,11,13-14,19H,4,9-10,12H2,(H,23,30)(H,25,27,28). The number of nitrogens with one attached hydrogen (secondary N) is 2. The van der Waals surface area contributed by atoms with E-state index >= 15 is 0 Å². The molecule has 4 aromatic rings. The van der Waals surface area contributed by atoms with Crippen molar-refractivity contribution in [3.8, 4) is 11.4 Å². The Hall–Kier alpha value is -3.81. The quantitative estimate of drug-likeness (QED) is 0.535. The second-order valence-corrected chi connectivity index (χ2v) is 7.32. The van der Waals surface area contributed by atoms with Crippen molar-refractivity contribution in [1.29, 1.82) is 0 Å². The summed E-state index contributed by atoms with van der Waals surface area (Å²) >= 11 is 0. The number of aromatic nitrogens is 5. The van der Waals surface area contributed by atoms with E-state index in [0.717, 1.165) is 47.2 Å². The Morgan fingerprint density at radius 3 is 2.93 bits per heavy atom. The Balaban J connectivity index is 1.32. The van der Waals surface area contributed by atoms with Crippen LogP contribution in [0.3, 0.4) is 0 Å². The third kappa shape index (κ3) is 3.47. The Labute approximate surface area is 173 Å². The zero-order chi connectivity index (χ0) is 20.3. The average molecular weight is 399 g/mol. The molecule has 8 heteroatoms. The minimum atomic E-state index is -0.235. The van der Waals surface area contributed by atoms with Gasteiger partial charge in [0.15, 0.2) is 5.82 Å². The molecule has 30 heavy (non-hydrogen) atoms. The number of carbonyl (C=O) groups excluding carboxylic acids is 1. The van der Waals surface area contributed by atoms with Crippen LogP contribution in [-0.4, -0.2) is 43.6 Å². The monoisotopic (exact) mass is 399 g/mol. The molecule has 2 N–H and O–H groups in total. The van der Waals surface area contributed by atoms with Crippen molar-refractivity contribution in [2.45, 2.75) is 25.4 Å². The lowest BCUT2D eigenvalue weighted by atomic mass is 10.1. The zero-order valence-corrected chi connectivity index (χ0v) is 16.3. The summed E-state index contributed by atoms with van der Waals surface area (Å²) in [4.78, 5) is 28.1. The molecule has 1 unspecified atom stereocenters. The van der Waals surface area contributed by atoms with Gasteiger partial charge in [0.1, 0.15) is 24.5 Å². The van der Waals surface area contributed by atoms with Crippen LogP contribution in [0.25, 0.3) is 22.3 Å². The molecule has 8 nitrogen and oxygen atoms in total. The summed E-state index contributed by atoms with van der Waals surface area (Å²) in [6.45, 7) is 1.26. The lowest BCUT2D eigenvalue weighted by Crippen LogP contribution is -2.43. The molecule has 1 aliphatic heterocycles. The minimum absolute atomic E-state index is 0.0141. The van der Waals surface area contributed by atoms with Crippen LogP contribution in [0.4, 0.5) is 5.82 Å². The van der Waals surface area contributed by atoms with Crippen LogP contribution in [0, 0.1) is 0 Å². The van der Waals surface area contributed by atoms with E-state index in [9.17, 15) is 4.79 Å². The van der Waals surface area contributed by atoms with Crippen molar-refractivity contribution in [2.24, 2.45) is 0 Å². The van der Waals surface area contributed by atoms with E-state index in [1.165, 1.54) is 6.33 Å². The van der Waals surface area contributed by atoms with Crippen LogP contribution in [0.5, 0.6) is 0 Å². The lowest BCUT2D eigenvalue weighted by molar-refractivity contribution is -0.122. The number of hydrogen-bond donors (Lipinski definition) is 2. The van der Waals surface area contributed by atoms with Crippen LogP contribution in [0.1, 0.15) is 18.4 Å². The van der Waals surface area contributed by atoms with Crippen molar-refractivity contribution in [2.75, 3.05) is 11.4 Å². The molecule has 1 aliphatic rings. The predicted octanol–water partition coefficient (Wildman–Crippen LogP) is 2.70. The average Bonchev–Trinajstić information content (AvgIpc) is 3.50. The van der Waals surface area contributed by atoms with Gasteiger partial charge in [-0.2, -0.15) is 5.10 Å². The Morgan fingerprint density at radius 2 is 2.03 bits per heavy atom. The van der Waals surface area contributed by atoms with Gasteiger partial charge in [-0.15, -0.1) is 0 Å². The Morgan fingerprint density at radius 1 is 1.10 bits per heavy atom. The molecule has 0 spiro atoms. The fraction of sp³-hybridized carbons (Fsp3) is 0.227. The number of H-pyrrole nitrogens is 1. The first-order chi connectivity index (χ1) is 14.8. The molecule has 2 aromatic carbocycles. The SMILES string of the molecule is O=C(NCc1cccc(-c2ncn[nH]2)c1)C1CCCN1c1ncnc2ccccc12. The number of aromatic amines is 1. The third-order valence-electron chi connectivity index (χ3n) is 5.43. The number of rotatable bonds is 5. The van der Waals surface area contributed by atoms with Gasteiger partial charge in [-0.1, -0.05) is 30.3 Å². The second kappa shape index (κ2) is 7.90. The largest absolute Gasteiger partial charge is 0.350 e. The van der Waals surface area contributed by atoms with Gasteiger partial charge in [-0.05, 0) is 36.6 Å². The maximum atomic E-state index is 13.0. The molecule has 1 atom stereocenters. The number of nitrogens with zero attached hydrogens (tertiary/aromatic N) is 5. The van der Waals surface area contributed by atoms with Crippen molar-refractivity contribution in [3.05, 3.63) is 66.7 Å². The van der Waals surface area contributed by atoms with E-state index in [1.807, 2.05) is 48.5 Å². The van der Waals surface area contributed by atoms with E-state index in [4.69, 9.17) is 0 Å². The molecule has 1 amide bonds. The highest BCUT2D eigenvalue weighted by molar-refractivity contribution is 5.93. The number of anilines is 1. The zero-order valence-electron chi connectivity index (χ0n) is 16.3. The molecule has 2 aromatic heterocycles. The van der Waals surface area contributed by atoms with Gasteiger partial charge in [0, 0.05) is 24.0 Å². The van der Waals surface area contributed by atoms with Crippen LogP contribution in [0.15, 0.2) is 61.2 Å². The van der Waals surface area contributed by atoms with Crippen LogP contribution in [0.2, 0.25) is 0 Å². The Bertz CT molecular complexity index is 1170. The van der Waals surface area contributed by atoms with E-state index in [2.05, 4.69) is 35.4 Å². The molecule has 150 valence electrons. The molecule has 1 saturated heterocycles. The maximum Gasteiger partial charge on any atom is 0.243 e. The van der Waals surface area contributed by atoms with E-state index in [-0.39, 0.29) is 11.9 Å². The van der Waals surface area contributed by atoms with Gasteiger partial charge >= 0.3 is 0 Å². The summed E-state index contributed by atoms with van der Waals surface area (Å²) in [5, 5.41) is 10.8. The van der Waals surface area contributed by atoms with Crippen molar-refractivity contribution >= 4 is 22.6 Å². The van der Waals surface area contributed by atoms with E-state index in [0.29, 0.717) is 12.4 Å². The van der Waals surface area contributed by atoms with Gasteiger partial charge in [-0.25, -0.2) is 15.0 Å². The fourth-order valence-electron chi connectivity index (χ4n) is 3.99. The highest BCUT2D eigenvalue weighted by atomic mass is 16.2. The fourth-order valence-corrected chi connectivity index (χ4v) is 3.99. The molecule has 0 saturated carbocycles. The molecule has 0 radical (unpaired) electrons. The van der Waals surface area contributed by atoms with Crippen molar-refractivity contribution < 1.29 is 4.79 Å². The predicted molar refractivity (Wildman–Crippen MR) is 114 cm³/mol. The first kappa shape index (κ1) is 18.2. The first-order valence-corrected chi connectivity index (χ1v) is 9.98. The van der Waals surface area contributed by atoms with Crippen LogP contribution >= 0.6 is 0 Å². The summed E-state index contributed by atoms with van der Waals surface area (Å²) in [5.41, 5.74) is 2.83. The van der Waals surface area contributed by atoms with Gasteiger partial charge < -0.3 is 10.2 Å². The number of para-hydroxylation sites is 1. The number of hydrogen-bond acceptors (Lipinski definition) is 6. The molecular formula is C22H21N7O. The van der Waals surface area contributed by atoms with Crippen molar-refractivity contribution in [1.82, 2.24) is 30.5 Å². The normalized spacial score (nSPS) is 16.1. The lowest BCUT2D eigenvalue weighted by Gasteiger charge is -2.25. The molecule has 0 aliphatic carbocycles. The number of carbonyl (C=O) groups is 1. The summed E-state index contributed by atoms with van der Waals surface area (Å²) in [6, 6.07) is 15.6.